The molecule has 0 radical (unpaired) electrons. The van der Waals surface area contributed by atoms with Gasteiger partial charge in [0.2, 0.25) is 11.5 Å². The van der Waals surface area contributed by atoms with Crippen molar-refractivity contribution in [2.75, 3.05) is 18.4 Å². The van der Waals surface area contributed by atoms with Gasteiger partial charge in [0.1, 0.15) is 17.5 Å². The first-order valence-corrected chi connectivity index (χ1v) is 11.2. The highest BCUT2D eigenvalue weighted by Crippen LogP contribution is 2.26. The van der Waals surface area contributed by atoms with E-state index in [-0.39, 0.29) is 28.7 Å². The number of ketones is 1. The van der Waals surface area contributed by atoms with Crippen molar-refractivity contribution in [3.05, 3.63) is 94.3 Å². The fourth-order valence-electron chi connectivity index (χ4n) is 3.37. The molecule has 2 aromatic carbocycles. The van der Waals surface area contributed by atoms with Gasteiger partial charge in [-0.2, -0.15) is 10.4 Å². The van der Waals surface area contributed by atoms with Gasteiger partial charge < -0.3 is 15.1 Å². The molecule has 2 N–H and O–H groups in total. The van der Waals surface area contributed by atoms with E-state index in [9.17, 15) is 14.9 Å². The van der Waals surface area contributed by atoms with Crippen molar-refractivity contribution in [3.8, 4) is 11.8 Å². The summed E-state index contributed by atoms with van der Waals surface area (Å²) in [5.41, 5.74) is 2.28. The molecule has 4 aromatic rings. The molecular formula is C25H21ClN6O3. The lowest BCUT2D eigenvalue weighted by Gasteiger charge is -2.10. The van der Waals surface area contributed by atoms with Crippen LogP contribution in [0.4, 0.5) is 5.82 Å². The van der Waals surface area contributed by atoms with Crippen molar-refractivity contribution in [3.63, 3.8) is 0 Å². The summed E-state index contributed by atoms with van der Waals surface area (Å²) in [6.45, 7) is 2.70. The molecule has 0 spiro atoms. The van der Waals surface area contributed by atoms with Crippen molar-refractivity contribution >= 4 is 29.1 Å². The largest absolute Gasteiger partial charge is 0.438 e. The molecule has 1 amide bonds. The van der Waals surface area contributed by atoms with Crippen LogP contribution >= 0.6 is 11.6 Å². The van der Waals surface area contributed by atoms with Crippen molar-refractivity contribution in [2.24, 2.45) is 0 Å². The highest BCUT2D eigenvalue weighted by Gasteiger charge is 2.25. The van der Waals surface area contributed by atoms with Crippen molar-refractivity contribution < 1.29 is 14.0 Å². The molecule has 0 aliphatic carbocycles. The average molecular weight is 489 g/mol. The van der Waals surface area contributed by atoms with Crippen LogP contribution in [-0.2, 0) is 0 Å². The molecule has 0 fully saturated rings. The van der Waals surface area contributed by atoms with Gasteiger partial charge in [-0.3, -0.25) is 9.59 Å². The first kappa shape index (κ1) is 23.7. The Balaban J connectivity index is 1.57. The fourth-order valence-corrected chi connectivity index (χ4v) is 3.50. The maximum atomic E-state index is 13.2. The van der Waals surface area contributed by atoms with Crippen LogP contribution in [0.2, 0.25) is 5.02 Å². The minimum atomic E-state index is -0.364. The summed E-state index contributed by atoms with van der Waals surface area (Å²) < 4.78 is 6.48. The molecule has 10 heteroatoms. The lowest BCUT2D eigenvalue weighted by Crippen LogP contribution is -2.25. The summed E-state index contributed by atoms with van der Waals surface area (Å²) in [5.74, 6) is -0.203. The van der Waals surface area contributed by atoms with Crippen LogP contribution in [0.5, 0.6) is 0 Å². The molecule has 9 nitrogen and oxygen atoms in total. The second kappa shape index (κ2) is 10.7. The normalized spacial score (nSPS) is 10.5. The van der Waals surface area contributed by atoms with E-state index in [4.69, 9.17) is 16.0 Å². The topological polar surface area (TPSA) is 126 Å². The zero-order valence-electron chi connectivity index (χ0n) is 18.8. The first-order valence-electron chi connectivity index (χ1n) is 10.8. The van der Waals surface area contributed by atoms with E-state index in [2.05, 4.69) is 26.8 Å². The molecule has 2 aromatic heterocycles. The van der Waals surface area contributed by atoms with Gasteiger partial charge in [-0.1, -0.05) is 41.4 Å². The average Bonchev–Trinajstić information content (AvgIpc) is 3.53. The van der Waals surface area contributed by atoms with Crippen LogP contribution < -0.4 is 10.6 Å². The molecule has 0 saturated heterocycles. The number of oxazole rings is 1. The minimum Gasteiger partial charge on any atom is -0.438 e. The number of nitrogens with zero attached hydrogens (tertiary/aromatic N) is 4. The number of carbonyl (C=O) groups excluding carboxylic acids is 2. The van der Waals surface area contributed by atoms with Gasteiger partial charge >= 0.3 is 0 Å². The second-order valence-corrected chi connectivity index (χ2v) is 8.11. The maximum Gasteiger partial charge on any atom is 0.288 e. The Hall–Kier alpha value is -4.42. The predicted octanol–water partition coefficient (Wildman–Crippen LogP) is 4.16. The summed E-state index contributed by atoms with van der Waals surface area (Å²) in [4.78, 5) is 28.9. The van der Waals surface area contributed by atoms with Crippen LogP contribution in [0.3, 0.4) is 0 Å². The van der Waals surface area contributed by atoms with Crippen LogP contribution in [0.1, 0.15) is 44.2 Å². The van der Waals surface area contributed by atoms with Crippen molar-refractivity contribution in [1.82, 2.24) is 20.1 Å². The maximum absolute atomic E-state index is 13.2. The summed E-state index contributed by atoms with van der Waals surface area (Å²) in [6, 6.07) is 16.1. The van der Waals surface area contributed by atoms with Crippen LogP contribution in [0.15, 0.2) is 65.5 Å². The second-order valence-electron chi connectivity index (χ2n) is 7.67. The zero-order valence-corrected chi connectivity index (χ0v) is 19.5. The molecule has 0 atom stereocenters. The van der Waals surface area contributed by atoms with E-state index in [0.717, 1.165) is 5.56 Å². The van der Waals surface area contributed by atoms with Crippen molar-refractivity contribution in [1.29, 1.82) is 5.26 Å². The number of aromatic nitrogens is 3. The molecule has 0 bridgehead atoms. The molecule has 4 rings (SSSR count). The molecular weight excluding hydrogens is 468 g/mol. The lowest BCUT2D eigenvalue weighted by atomic mass is 10.0. The van der Waals surface area contributed by atoms with Gasteiger partial charge in [-0.25, -0.2) is 9.67 Å². The SMILES string of the molecule is Cc1ccc(C(=O)c2nn(-c3ccc(Cl)cc3)c(NCCCNC(=O)c3cnco3)c2C#N)cc1. The number of carbonyl (C=O) groups is 2. The Morgan fingerprint density at radius 3 is 2.51 bits per heavy atom. The quantitative estimate of drug-likeness (QED) is 0.267. The van der Waals surface area contributed by atoms with E-state index < -0.39 is 0 Å². The van der Waals surface area contributed by atoms with Crippen molar-refractivity contribution in [2.45, 2.75) is 13.3 Å². The Morgan fingerprint density at radius 2 is 1.86 bits per heavy atom. The van der Waals surface area contributed by atoms with Gasteiger partial charge in [-0.05, 0) is 37.6 Å². The number of amides is 1. The standard InChI is InChI=1S/C25H21ClN6O3/c1-16-3-5-17(6-4-16)23(33)22-20(13-27)24(32(31-22)19-9-7-18(26)8-10-19)29-11-2-12-30-25(34)21-14-28-15-35-21/h3-10,14-15,29H,2,11-12H2,1H3,(H,30,34). The Morgan fingerprint density at radius 1 is 1.11 bits per heavy atom. The number of aryl methyl sites for hydroxylation is 1. The number of hydrogen-bond acceptors (Lipinski definition) is 7. The Bertz CT molecular complexity index is 1370. The summed E-state index contributed by atoms with van der Waals surface area (Å²) in [6.07, 6.45) is 3.06. The number of anilines is 1. The van der Waals surface area contributed by atoms with E-state index >= 15 is 0 Å². The predicted molar refractivity (Wildman–Crippen MR) is 130 cm³/mol. The molecule has 0 aliphatic heterocycles. The van der Waals surface area contributed by atoms with E-state index in [1.807, 2.05) is 19.1 Å². The number of nitriles is 1. The summed E-state index contributed by atoms with van der Waals surface area (Å²) >= 11 is 6.03. The summed E-state index contributed by atoms with van der Waals surface area (Å²) in [5, 5.41) is 20.9. The monoisotopic (exact) mass is 488 g/mol. The highest BCUT2D eigenvalue weighted by atomic mass is 35.5. The third-order valence-corrected chi connectivity index (χ3v) is 5.44. The highest BCUT2D eigenvalue weighted by molar-refractivity contribution is 6.30. The molecule has 35 heavy (non-hydrogen) atoms. The first-order chi connectivity index (χ1) is 17.0. The van der Waals surface area contributed by atoms with Crippen LogP contribution in [-0.4, -0.2) is 39.5 Å². The van der Waals surface area contributed by atoms with Crippen LogP contribution in [0.25, 0.3) is 5.69 Å². The van der Waals surface area contributed by atoms with Gasteiger partial charge in [0.05, 0.1) is 11.9 Å². The number of nitrogens with one attached hydrogen (secondary N) is 2. The molecule has 0 aliphatic rings. The van der Waals surface area contributed by atoms with E-state index in [1.54, 1.807) is 36.4 Å². The van der Waals surface area contributed by atoms with E-state index in [0.29, 0.717) is 41.6 Å². The fraction of sp³-hybridized carbons (Fsp3) is 0.160. The third kappa shape index (κ3) is 5.39. The Kier molecular flexibility index (Phi) is 7.24. The van der Waals surface area contributed by atoms with Gasteiger partial charge in [0.25, 0.3) is 5.91 Å². The molecule has 0 saturated carbocycles. The number of rotatable bonds is 9. The zero-order chi connectivity index (χ0) is 24.8. The lowest BCUT2D eigenvalue weighted by molar-refractivity contribution is 0.0925. The van der Waals surface area contributed by atoms with Gasteiger partial charge in [0.15, 0.2) is 12.1 Å². The summed E-state index contributed by atoms with van der Waals surface area (Å²) in [7, 11) is 0. The molecule has 2 heterocycles. The third-order valence-electron chi connectivity index (χ3n) is 5.18. The molecule has 176 valence electrons. The van der Waals surface area contributed by atoms with Crippen LogP contribution in [0, 0.1) is 18.3 Å². The van der Waals surface area contributed by atoms with Gasteiger partial charge in [0, 0.05) is 23.7 Å². The van der Waals surface area contributed by atoms with E-state index in [1.165, 1.54) is 17.3 Å². The number of hydrogen-bond donors (Lipinski definition) is 2. The Labute approximate surface area is 206 Å². The molecule has 0 unspecified atom stereocenters. The van der Waals surface area contributed by atoms with Gasteiger partial charge in [-0.15, -0.1) is 0 Å². The smallest absolute Gasteiger partial charge is 0.288 e. The number of halogens is 1. The number of benzene rings is 2. The minimum absolute atomic E-state index is 0.0485.